The molecule has 1 N–H and O–H groups in total. The summed E-state index contributed by atoms with van der Waals surface area (Å²) in [4.78, 5) is 14.1. The van der Waals surface area contributed by atoms with Crippen LogP contribution in [0.5, 0.6) is 11.5 Å². The van der Waals surface area contributed by atoms with Gasteiger partial charge in [0.2, 0.25) is 0 Å². The van der Waals surface area contributed by atoms with E-state index in [0.29, 0.717) is 31.1 Å². The van der Waals surface area contributed by atoms with Crippen LogP contribution in [-0.4, -0.2) is 53.2 Å². The van der Waals surface area contributed by atoms with E-state index in [4.69, 9.17) is 9.47 Å². The highest BCUT2D eigenvalue weighted by molar-refractivity contribution is 5.74. The third-order valence-electron chi connectivity index (χ3n) is 4.16. The first-order chi connectivity index (χ1) is 11.7. The number of nitrogens with one attached hydrogen (secondary N) is 1. The summed E-state index contributed by atoms with van der Waals surface area (Å²) in [5, 5.41) is 10.8. The SMILES string of the molecule is COc1ccc(CNC(=O)N2CC[C@H](n3ccnn3)C2)cc1OC. The number of carbonyl (C=O) groups excluding carboxylic acids is 1. The maximum atomic E-state index is 12.3. The number of urea groups is 1. The zero-order valence-corrected chi connectivity index (χ0v) is 13.8. The second-order valence-corrected chi connectivity index (χ2v) is 5.62. The second kappa shape index (κ2) is 7.20. The van der Waals surface area contributed by atoms with Crippen LogP contribution in [0.1, 0.15) is 18.0 Å². The van der Waals surface area contributed by atoms with E-state index in [1.165, 1.54) is 0 Å². The first-order valence-electron chi connectivity index (χ1n) is 7.80. The van der Waals surface area contributed by atoms with E-state index in [1.54, 1.807) is 25.3 Å². The molecule has 0 spiro atoms. The fourth-order valence-electron chi connectivity index (χ4n) is 2.83. The van der Waals surface area contributed by atoms with Crippen LogP contribution in [0.2, 0.25) is 0 Å². The minimum Gasteiger partial charge on any atom is -0.493 e. The minimum atomic E-state index is -0.0765. The maximum absolute atomic E-state index is 12.3. The van der Waals surface area contributed by atoms with Gasteiger partial charge in [0.15, 0.2) is 11.5 Å². The molecule has 0 bridgehead atoms. The van der Waals surface area contributed by atoms with Gasteiger partial charge in [0.1, 0.15) is 0 Å². The van der Waals surface area contributed by atoms with E-state index in [9.17, 15) is 4.79 Å². The average molecular weight is 331 g/mol. The lowest BCUT2D eigenvalue weighted by molar-refractivity contribution is 0.206. The Morgan fingerprint density at radius 3 is 2.88 bits per heavy atom. The van der Waals surface area contributed by atoms with Crippen LogP contribution in [-0.2, 0) is 6.54 Å². The Morgan fingerprint density at radius 1 is 1.33 bits per heavy atom. The van der Waals surface area contributed by atoms with Gasteiger partial charge in [-0.1, -0.05) is 11.3 Å². The molecule has 0 unspecified atom stereocenters. The molecule has 8 heteroatoms. The van der Waals surface area contributed by atoms with E-state index in [2.05, 4.69) is 15.6 Å². The topological polar surface area (TPSA) is 81.5 Å². The Labute approximate surface area is 140 Å². The zero-order chi connectivity index (χ0) is 16.9. The third-order valence-corrected chi connectivity index (χ3v) is 4.16. The quantitative estimate of drug-likeness (QED) is 0.897. The average Bonchev–Trinajstić information content (AvgIpc) is 3.30. The van der Waals surface area contributed by atoms with Crippen LogP contribution in [0, 0.1) is 0 Å². The fraction of sp³-hybridized carbons (Fsp3) is 0.438. The first kappa shape index (κ1) is 16.1. The molecule has 1 aromatic heterocycles. The number of hydrogen-bond donors (Lipinski definition) is 1. The molecule has 2 aromatic rings. The van der Waals surface area contributed by atoms with Crippen molar-refractivity contribution in [2.45, 2.75) is 19.0 Å². The number of amides is 2. The highest BCUT2D eigenvalue weighted by atomic mass is 16.5. The number of nitrogens with zero attached hydrogens (tertiary/aromatic N) is 4. The van der Waals surface area contributed by atoms with Crippen molar-refractivity contribution in [3.05, 3.63) is 36.2 Å². The van der Waals surface area contributed by atoms with Crippen molar-refractivity contribution in [1.29, 1.82) is 0 Å². The summed E-state index contributed by atoms with van der Waals surface area (Å²) in [6.07, 6.45) is 4.36. The zero-order valence-electron chi connectivity index (χ0n) is 13.8. The Morgan fingerprint density at radius 2 is 2.17 bits per heavy atom. The highest BCUT2D eigenvalue weighted by Gasteiger charge is 2.27. The molecular weight excluding hydrogens is 310 g/mol. The molecule has 8 nitrogen and oxygen atoms in total. The lowest BCUT2D eigenvalue weighted by Crippen LogP contribution is -2.38. The molecule has 24 heavy (non-hydrogen) atoms. The number of ether oxygens (including phenoxy) is 2. The summed E-state index contributed by atoms with van der Waals surface area (Å²) in [6.45, 7) is 1.78. The highest BCUT2D eigenvalue weighted by Crippen LogP contribution is 2.27. The van der Waals surface area contributed by atoms with Gasteiger partial charge in [-0.05, 0) is 24.1 Å². The largest absolute Gasteiger partial charge is 0.493 e. The van der Waals surface area contributed by atoms with Gasteiger partial charge in [-0.15, -0.1) is 5.10 Å². The molecule has 1 aromatic carbocycles. The van der Waals surface area contributed by atoms with Gasteiger partial charge >= 0.3 is 6.03 Å². The Bertz CT molecular complexity index is 689. The fourth-order valence-corrected chi connectivity index (χ4v) is 2.83. The Kier molecular flexibility index (Phi) is 4.83. The molecule has 1 fully saturated rings. The molecule has 0 aliphatic carbocycles. The predicted molar refractivity (Wildman–Crippen MR) is 87.0 cm³/mol. The van der Waals surface area contributed by atoms with Crippen molar-refractivity contribution in [2.24, 2.45) is 0 Å². The predicted octanol–water partition coefficient (Wildman–Crippen LogP) is 1.45. The third kappa shape index (κ3) is 3.42. The normalized spacial score (nSPS) is 16.9. The molecule has 1 saturated heterocycles. The molecule has 128 valence electrons. The van der Waals surface area contributed by atoms with Gasteiger partial charge in [0.05, 0.1) is 26.5 Å². The number of benzene rings is 1. The minimum absolute atomic E-state index is 0.0765. The second-order valence-electron chi connectivity index (χ2n) is 5.62. The monoisotopic (exact) mass is 331 g/mol. The van der Waals surface area contributed by atoms with E-state index >= 15 is 0 Å². The van der Waals surface area contributed by atoms with Gasteiger partial charge in [-0.3, -0.25) is 0 Å². The van der Waals surface area contributed by atoms with E-state index in [1.807, 2.05) is 29.1 Å². The van der Waals surface area contributed by atoms with Gasteiger partial charge in [0, 0.05) is 25.8 Å². The maximum Gasteiger partial charge on any atom is 0.317 e. The van der Waals surface area contributed by atoms with Crippen LogP contribution in [0.25, 0.3) is 0 Å². The van der Waals surface area contributed by atoms with Crippen molar-refractivity contribution < 1.29 is 14.3 Å². The van der Waals surface area contributed by atoms with Crippen molar-refractivity contribution in [3.8, 4) is 11.5 Å². The smallest absolute Gasteiger partial charge is 0.317 e. The van der Waals surface area contributed by atoms with E-state index < -0.39 is 0 Å². The summed E-state index contributed by atoms with van der Waals surface area (Å²) in [7, 11) is 3.19. The number of aromatic nitrogens is 3. The van der Waals surface area contributed by atoms with Crippen molar-refractivity contribution >= 4 is 6.03 Å². The van der Waals surface area contributed by atoms with Gasteiger partial charge < -0.3 is 19.7 Å². The molecule has 1 aliphatic heterocycles. The van der Waals surface area contributed by atoms with Crippen molar-refractivity contribution in [2.75, 3.05) is 27.3 Å². The van der Waals surface area contributed by atoms with Crippen LogP contribution < -0.4 is 14.8 Å². The summed E-state index contributed by atoms with van der Waals surface area (Å²) < 4.78 is 12.3. The number of methoxy groups -OCH3 is 2. The van der Waals surface area contributed by atoms with Crippen molar-refractivity contribution in [1.82, 2.24) is 25.2 Å². The molecule has 1 aliphatic rings. The molecular formula is C16H21N5O3. The van der Waals surface area contributed by atoms with Crippen LogP contribution in [0.15, 0.2) is 30.6 Å². The lowest BCUT2D eigenvalue weighted by atomic mass is 10.2. The molecule has 3 rings (SSSR count). The summed E-state index contributed by atoms with van der Waals surface area (Å²) >= 11 is 0. The first-order valence-corrected chi connectivity index (χ1v) is 7.80. The van der Waals surface area contributed by atoms with E-state index in [-0.39, 0.29) is 12.1 Å². The molecule has 0 saturated carbocycles. The van der Waals surface area contributed by atoms with Gasteiger partial charge in [-0.2, -0.15) is 0 Å². The van der Waals surface area contributed by atoms with Crippen LogP contribution >= 0.6 is 0 Å². The summed E-state index contributed by atoms with van der Waals surface area (Å²) in [5.41, 5.74) is 0.952. The number of likely N-dealkylation sites (tertiary alicyclic amines) is 1. The number of carbonyl (C=O) groups is 1. The Balaban J connectivity index is 1.54. The summed E-state index contributed by atoms with van der Waals surface area (Å²) in [5.74, 6) is 1.32. The van der Waals surface area contributed by atoms with Crippen LogP contribution in [0.3, 0.4) is 0 Å². The van der Waals surface area contributed by atoms with Crippen LogP contribution in [0.4, 0.5) is 4.79 Å². The summed E-state index contributed by atoms with van der Waals surface area (Å²) in [6, 6.07) is 5.72. The molecule has 1 atom stereocenters. The standard InChI is InChI=1S/C16H21N5O3/c1-23-14-4-3-12(9-15(14)24-2)10-17-16(22)20-7-5-13(11-20)21-8-6-18-19-21/h3-4,6,8-9,13H,5,7,10-11H2,1-2H3,(H,17,22)/t13-/m0/s1. The number of hydrogen-bond acceptors (Lipinski definition) is 5. The number of rotatable bonds is 5. The molecule has 0 radical (unpaired) electrons. The van der Waals surface area contributed by atoms with Crippen molar-refractivity contribution in [3.63, 3.8) is 0 Å². The lowest BCUT2D eigenvalue weighted by Gasteiger charge is -2.17. The van der Waals surface area contributed by atoms with Gasteiger partial charge in [0.25, 0.3) is 0 Å². The Hall–Kier alpha value is -2.77. The molecule has 2 heterocycles. The van der Waals surface area contributed by atoms with Gasteiger partial charge in [-0.25, -0.2) is 9.48 Å². The van der Waals surface area contributed by atoms with E-state index in [0.717, 1.165) is 12.0 Å². The molecule has 2 amide bonds.